The third kappa shape index (κ3) is 4.24. The second kappa shape index (κ2) is 7.33. The predicted octanol–water partition coefficient (Wildman–Crippen LogP) is 3.17. The van der Waals surface area contributed by atoms with Gasteiger partial charge in [0.05, 0.1) is 11.6 Å². The molecule has 0 aliphatic heterocycles. The molecule has 0 heterocycles. The maximum absolute atomic E-state index is 13.8. The van der Waals surface area contributed by atoms with Crippen LogP contribution >= 0.6 is 15.9 Å². The van der Waals surface area contributed by atoms with Crippen LogP contribution in [0.2, 0.25) is 0 Å². The second-order valence-electron chi connectivity index (χ2n) is 4.76. The van der Waals surface area contributed by atoms with Crippen LogP contribution in [0.1, 0.15) is 32.8 Å². The third-order valence-electron chi connectivity index (χ3n) is 3.55. The van der Waals surface area contributed by atoms with E-state index in [1.807, 2.05) is 20.8 Å². The van der Waals surface area contributed by atoms with E-state index in [9.17, 15) is 4.39 Å². The maximum Gasteiger partial charge on any atom is 0.126 e. The van der Waals surface area contributed by atoms with Crippen molar-refractivity contribution in [2.75, 3.05) is 6.61 Å². The highest BCUT2D eigenvalue weighted by Gasteiger charge is 2.33. The van der Waals surface area contributed by atoms with Crippen molar-refractivity contribution in [3.8, 4) is 0 Å². The van der Waals surface area contributed by atoms with Gasteiger partial charge in [-0.2, -0.15) is 0 Å². The lowest BCUT2D eigenvalue weighted by Crippen LogP contribution is -2.54. The summed E-state index contributed by atoms with van der Waals surface area (Å²) in [4.78, 5) is 0. The van der Waals surface area contributed by atoms with Gasteiger partial charge >= 0.3 is 0 Å². The van der Waals surface area contributed by atoms with Gasteiger partial charge in [-0.1, -0.05) is 22.9 Å². The van der Waals surface area contributed by atoms with Crippen LogP contribution in [0, 0.1) is 5.82 Å². The molecular weight excluding hydrogens is 311 g/mol. The van der Waals surface area contributed by atoms with E-state index in [-0.39, 0.29) is 11.9 Å². The van der Waals surface area contributed by atoms with Gasteiger partial charge in [0.1, 0.15) is 5.82 Å². The Kier molecular flexibility index (Phi) is 6.39. The molecule has 3 N–H and O–H groups in total. The molecule has 0 fully saturated rings. The van der Waals surface area contributed by atoms with E-state index >= 15 is 0 Å². The fraction of sp³-hybridized carbons (Fsp3) is 0.571. The highest BCUT2D eigenvalue weighted by Crippen LogP contribution is 2.25. The van der Waals surface area contributed by atoms with Crippen molar-refractivity contribution in [3.05, 3.63) is 34.1 Å². The maximum atomic E-state index is 13.8. The minimum Gasteiger partial charge on any atom is -0.374 e. The summed E-state index contributed by atoms with van der Waals surface area (Å²) in [6, 6.07) is 4.77. The SMILES string of the molecule is CCOC(C)(CC)C(Cc1cc(Br)ccc1F)NN. The van der Waals surface area contributed by atoms with Gasteiger partial charge in [-0.05, 0) is 50.5 Å². The van der Waals surface area contributed by atoms with E-state index in [4.69, 9.17) is 10.6 Å². The largest absolute Gasteiger partial charge is 0.374 e. The molecule has 19 heavy (non-hydrogen) atoms. The Hall–Kier alpha value is -0.490. The van der Waals surface area contributed by atoms with Gasteiger partial charge < -0.3 is 4.74 Å². The van der Waals surface area contributed by atoms with E-state index in [1.54, 1.807) is 12.1 Å². The molecule has 0 aromatic heterocycles. The smallest absolute Gasteiger partial charge is 0.126 e. The Morgan fingerprint density at radius 1 is 1.47 bits per heavy atom. The monoisotopic (exact) mass is 332 g/mol. The first-order valence-electron chi connectivity index (χ1n) is 6.50. The number of ether oxygens (including phenoxy) is 1. The van der Waals surface area contributed by atoms with E-state index in [1.165, 1.54) is 6.07 Å². The molecule has 2 unspecified atom stereocenters. The summed E-state index contributed by atoms with van der Waals surface area (Å²) in [5.74, 6) is 5.41. The number of nitrogens with one attached hydrogen (secondary N) is 1. The number of hydrogen-bond donors (Lipinski definition) is 2. The van der Waals surface area contributed by atoms with Crippen LogP contribution in [0.4, 0.5) is 4.39 Å². The number of nitrogens with two attached hydrogens (primary N) is 1. The normalized spacial score (nSPS) is 16.1. The summed E-state index contributed by atoms with van der Waals surface area (Å²) >= 11 is 3.36. The van der Waals surface area contributed by atoms with Gasteiger partial charge in [0.25, 0.3) is 0 Å². The van der Waals surface area contributed by atoms with Gasteiger partial charge in [0.2, 0.25) is 0 Å². The summed E-state index contributed by atoms with van der Waals surface area (Å²) in [6.45, 7) is 6.58. The van der Waals surface area contributed by atoms with Crippen LogP contribution in [0.3, 0.4) is 0 Å². The molecule has 108 valence electrons. The molecule has 1 aromatic rings. The van der Waals surface area contributed by atoms with Crippen LogP contribution in [-0.2, 0) is 11.2 Å². The summed E-state index contributed by atoms with van der Waals surface area (Å²) in [7, 11) is 0. The number of benzene rings is 1. The topological polar surface area (TPSA) is 47.3 Å². The van der Waals surface area contributed by atoms with Crippen molar-refractivity contribution in [2.45, 2.75) is 45.3 Å². The molecule has 0 saturated carbocycles. The Morgan fingerprint density at radius 2 is 2.16 bits per heavy atom. The standard InChI is InChI=1S/C14H22BrFN2O/c1-4-14(3,19-5-2)13(18-17)9-10-8-11(15)6-7-12(10)16/h6-8,13,18H,4-5,9,17H2,1-3H3. The lowest BCUT2D eigenvalue weighted by molar-refractivity contribution is -0.0552. The fourth-order valence-electron chi connectivity index (χ4n) is 2.15. The van der Waals surface area contributed by atoms with Crippen LogP contribution in [0.15, 0.2) is 22.7 Å². The molecule has 0 radical (unpaired) electrons. The average Bonchev–Trinajstić information content (AvgIpc) is 2.39. The van der Waals surface area contributed by atoms with Gasteiger partial charge in [-0.15, -0.1) is 0 Å². The van der Waals surface area contributed by atoms with Crippen LogP contribution < -0.4 is 11.3 Å². The van der Waals surface area contributed by atoms with Crippen LogP contribution in [0.25, 0.3) is 0 Å². The molecular formula is C14H22BrFN2O. The number of rotatable bonds is 7. The number of halogens is 2. The second-order valence-corrected chi connectivity index (χ2v) is 5.67. The Balaban J connectivity index is 2.95. The van der Waals surface area contributed by atoms with Crippen molar-refractivity contribution in [1.29, 1.82) is 0 Å². The van der Waals surface area contributed by atoms with Gasteiger partial charge in [0, 0.05) is 11.1 Å². The van der Waals surface area contributed by atoms with E-state index in [2.05, 4.69) is 21.4 Å². The minimum absolute atomic E-state index is 0.152. The van der Waals surface area contributed by atoms with E-state index < -0.39 is 5.60 Å². The van der Waals surface area contributed by atoms with E-state index in [0.717, 1.165) is 10.9 Å². The van der Waals surface area contributed by atoms with Gasteiger partial charge in [0.15, 0.2) is 0 Å². The van der Waals surface area contributed by atoms with Crippen LogP contribution in [0.5, 0.6) is 0 Å². The quantitative estimate of drug-likeness (QED) is 0.595. The summed E-state index contributed by atoms with van der Waals surface area (Å²) < 4.78 is 20.5. The van der Waals surface area contributed by atoms with Crippen molar-refractivity contribution in [1.82, 2.24) is 5.43 Å². The first kappa shape index (κ1) is 16.6. The zero-order chi connectivity index (χ0) is 14.5. The first-order chi connectivity index (χ1) is 8.96. The Morgan fingerprint density at radius 3 is 2.68 bits per heavy atom. The number of hydrogen-bond acceptors (Lipinski definition) is 3. The van der Waals surface area contributed by atoms with Crippen molar-refractivity contribution in [3.63, 3.8) is 0 Å². The molecule has 2 atom stereocenters. The van der Waals surface area contributed by atoms with Crippen molar-refractivity contribution in [2.24, 2.45) is 5.84 Å². The summed E-state index contributed by atoms with van der Waals surface area (Å²) in [6.07, 6.45) is 1.28. The predicted molar refractivity (Wildman–Crippen MR) is 79.2 cm³/mol. The molecule has 0 aliphatic rings. The minimum atomic E-state index is -0.418. The number of hydrazine groups is 1. The molecule has 1 rings (SSSR count). The zero-order valence-corrected chi connectivity index (χ0v) is 13.3. The molecule has 0 spiro atoms. The molecule has 0 aliphatic carbocycles. The molecule has 0 amide bonds. The molecule has 1 aromatic carbocycles. The lowest BCUT2D eigenvalue weighted by Gasteiger charge is -2.36. The van der Waals surface area contributed by atoms with Gasteiger partial charge in [-0.3, -0.25) is 11.3 Å². The van der Waals surface area contributed by atoms with Crippen LogP contribution in [-0.4, -0.2) is 18.2 Å². The molecule has 3 nitrogen and oxygen atoms in total. The van der Waals surface area contributed by atoms with E-state index in [0.29, 0.717) is 18.6 Å². The Bertz CT molecular complexity index is 416. The average molecular weight is 333 g/mol. The Labute approximate surface area is 122 Å². The third-order valence-corrected chi connectivity index (χ3v) is 4.04. The molecule has 0 bridgehead atoms. The highest BCUT2D eigenvalue weighted by atomic mass is 79.9. The summed E-state index contributed by atoms with van der Waals surface area (Å²) in [5.41, 5.74) is 2.97. The molecule has 0 saturated heterocycles. The lowest BCUT2D eigenvalue weighted by atomic mass is 9.88. The van der Waals surface area contributed by atoms with Crippen molar-refractivity contribution >= 4 is 15.9 Å². The highest BCUT2D eigenvalue weighted by molar-refractivity contribution is 9.10. The first-order valence-corrected chi connectivity index (χ1v) is 7.30. The summed E-state index contributed by atoms with van der Waals surface area (Å²) in [5, 5.41) is 0. The molecule has 5 heteroatoms. The van der Waals surface area contributed by atoms with Gasteiger partial charge in [-0.25, -0.2) is 4.39 Å². The zero-order valence-electron chi connectivity index (χ0n) is 11.7. The fourth-order valence-corrected chi connectivity index (χ4v) is 2.56. The van der Waals surface area contributed by atoms with Crippen molar-refractivity contribution < 1.29 is 9.13 Å².